The monoisotopic (exact) mass is 622 g/mol. The minimum atomic E-state index is -0.918. The van der Waals surface area contributed by atoms with E-state index in [0.29, 0.717) is 24.3 Å². The molecule has 0 saturated carbocycles. The molecule has 4 aromatic rings. The first-order valence-electron chi connectivity index (χ1n) is 14.8. The summed E-state index contributed by atoms with van der Waals surface area (Å²) in [4.78, 5) is 41.9. The molecule has 0 unspecified atom stereocenters. The number of nitrogens with zero attached hydrogens (tertiary/aromatic N) is 1. The van der Waals surface area contributed by atoms with Crippen LogP contribution in [-0.2, 0) is 9.59 Å². The molecule has 0 fully saturated rings. The Labute approximate surface area is 269 Å². The van der Waals surface area contributed by atoms with Crippen molar-refractivity contribution in [3.8, 4) is 5.75 Å². The molecule has 0 aliphatic heterocycles. The Morgan fingerprint density at radius 3 is 1.84 bits per heavy atom. The van der Waals surface area contributed by atoms with E-state index in [4.69, 9.17) is 22.7 Å². The van der Waals surface area contributed by atoms with Crippen molar-refractivity contribution in [1.82, 2.24) is 15.5 Å². The number of hydrogen-bond acceptors (Lipinski definition) is 5. The number of carbonyl (C=O) groups is 3. The Kier molecular flexibility index (Phi) is 11.8. The van der Waals surface area contributed by atoms with Gasteiger partial charge in [0.1, 0.15) is 11.8 Å². The first-order chi connectivity index (χ1) is 21.8. The van der Waals surface area contributed by atoms with Gasteiger partial charge in [-0.25, -0.2) is 0 Å². The molecule has 232 valence electrons. The second-order valence-electron chi connectivity index (χ2n) is 10.6. The minimum absolute atomic E-state index is 0.173. The fraction of sp³-hybridized carbons (Fsp3) is 0.222. The lowest BCUT2D eigenvalue weighted by Gasteiger charge is -2.38. The van der Waals surface area contributed by atoms with Crippen molar-refractivity contribution in [3.63, 3.8) is 0 Å². The van der Waals surface area contributed by atoms with Crippen molar-refractivity contribution < 1.29 is 19.1 Å². The van der Waals surface area contributed by atoms with Crippen LogP contribution >= 0.6 is 12.2 Å². The second kappa shape index (κ2) is 16.2. The topological polar surface area (TPSA) is 114 Å². The number of hydrogen-bond donors (Lipinski definition) is 3. The van der Waals surface area contributed by atoms with Crippen LogP contribution in [0.3, 0.4) is 0 Å². The predicted octanol–water partition coefficient (Wildman–Crippen LogP) is 5.36. The van der Waals surface area contributed by atoms with Crippen molar-refractivity contribution in [2.24, 2.45) is 5.73 Å². The van der Waals surface area contributed by atoms with E-state index in [2.05, 4.69) is 10.6 Å². The normalized spacial score (nSPS) is 12.1. The van der Waals surface area contributed by atoms with Crippen LogP contribution in [0, 0.1) is 0 Å². The van der Waals surface area contributed by atoms with E-state index >= 15 is 0 Å². The maximum atomic E-state index is 14.7. The quantitative estimate of drug-likeness (QED) is 0.137. The summed E-state index contributed by atoms with van der Waals surface area (Å²) in [6.45, 7) is 2.26. The van der Waals surface area contributed by atoms with E-state index in [0.717, 1.165) is 16.7 Å². The Balaban J connectivity index is 1.58. The molecule has 0 aromatic heterocycles. The smallest absolute Gasteiger partial charge is 0.257 e. The molecule has 2 atom stereocenters. The molecule has 4 aromatic carbocycles. The van der Waals surface area contributed by atoms with Gasteiger partial charge in [-0.3, -0.25) is 19.7 Å². The number of benzene rings is 4. The van der Waals surface area contributed by atoms with Crippen LogP contribution in [0.25, 0.3) is 0 Å². The van der Waals surface area contributed by atoms with Crippen LogP contribution < -0.4 is 21.1 Å². The van der Waals surface area contributed by atoms with E-state index in [1.807, 2.05) is 97.9 Å². The number of amides is 3. The molecule has 8 nitrogen and oxygen atoms in total. The number of carbonyl (C=O) groups excluding carboxylic acids is 3. The molecular weight excluding hydrogens is 584 g/mol. The number of ether oxygens (including phenoxy) is 1. The van der Waals surface area contributed by atoms with Gasteiger partial charge in [0.15, 0.2) is 5.11 Å². The third-order valence-corrected chi connectivity index (χ3v) is 7.90. The SMILES string of the molecule is COc1ccc([C@@H](C)N(C(=O)C(c2ccccc2)c2ccccc2)[C@H](CCCNC(=S)NC(=O)c2ccccc2)C(N)=O)cc1. The minimum Gasteiger partial charge on any atom is -0.497 e. The number of thiocarbonyl (C=S) groups is 1. The molecule has 0 bridgehead atoms. The number of rotatable bonds is 13. The zero-order valence-electron chi connectivity index (χ0n) is 25.4. The highest BCUT2D eigenvalue weighted by Gasteiger charge is 2.37. The van der Waals surface area contributed by atoms with Gasteiger partial charge in [0.05, 0.1) is 19.1 Å². The third kappa shape index (κ3) is 8.77. The van der Waals surface area contributed by atoms with Gasteiger partial charge in [-0.05, 0) is 72.9 Å². The highest BCUT2D eigenvalue weighted by molar-refractivity contribution is 7.80. The summed E-state index contributed by atoms with van der Waals surface area (Å²) < 4.78 is 5.33. The highest BCUT2D eigenvalue weighted by Crippen LogP contribution is 2.33. The first kappa shape index (κ1) is 32.9. The third-order valence-electron chi connectivity index (χ3n) is 7.65. The van der Waals surface area contributed by atoms with Gasteiger partial charge in [0.2, 0.25) is 11.8 Å². The van der Waals surface area contributed by atoms with Crippen molar-refractivity contribution in [1.29, 1.82) is 0 Å². The van der Waals surface area contributed by atoms with Crippen molar-refractivity contribution in [3.05, 3.63) is 138 Å². The molecule has 4 rings (SSSR count). The van der Waals surface area contributed by atoms with Gasteiger partial charge < -0.3 is 20.7 Å². The summed E-state index contributed by atoms with van der Waals surface area (Å²) in [7, 11) is 1.59. The fourth-order valence-corrected chi connectivity index (χ4v) is 5.49. The molecule has 4 N–H and O–H groups in total. The Morgan fingerprint density at radius 1 is 0.800 bits per heavy atom. The Hall–Kier alpha value is -5.02. The average molecular weight is 623 g/mol. The Morgan fingerprint density at radius 2 is 1.33 bits per heavy atom. The van der Waals surface area contributed by atoms with Gasteiger partial charge in [-0.1, -0.05) is 91.0 Å². The summed E-state index contributed by atoms with van der Waals surface area (Å²) in [6.07, 6.45) is 0.732. The number of nitrogens with one attached hydrogen (secondary N) is 2. The zero-order chi connectivity index (χ0) is 32.2. The van der Waals surface area contributed by atoms with Crippen molar-refractivity contribution >= 4 is 35.1 Å². The molecule has 0 aliphatic carbocycles. The predicted molar refractivity (Wildman–Crippen MR) is 180 cm³/mol. The molecule has 0 spiro atoms. The van der Waals surface area contributed by atoms with Crippen LogP contribution in [0.4, 0.5) is 0 Å². The fourth-order valence-electron chi connectivity index (χ4n) is 5.30. The van der Waals surface area contributed by atoms with Crippen LogP contribution in [0.1, 0.15) is 58.8 Å². The molecule has 3 amide bonds. The molecule has 0 aliphatic rings. The largest absolute Gasteiger partial charge is 0.497 e. The lowest BCUT2D eigenvalue weighted by atomic mass is 9.88. The summed E-state index contributed by atoms with van der Waals surface area (Å²) in [6, 6.07) is 33.8. The summed E-state index contributed by atoms with van der Waals surface area (Å²) in [5.41, 5.74) is 8.97. The molecule has 0 saturated heterocycles. The summed E-state index contributed by atoms with van der Waals surface area (Å²) in [5.74, 6) is -1.14. The molecular formula is C36H38N4O4S. The lowest BCUT2D eigenvalue weighted by Crippen LogP contribution is -2.51. The van der Waals surface area contributed by atoms with Gasteiger partial charge in [-0.2, -0.15) is 0 Å². The van der Waals surface area contributed by atoms with Crippen molar-refractivity contribution in [2.75, 3.05) is 13.7 Å². The molecule has 9 heteroatoms. The van der Waals surface area contributed by atoms with Gasteiger partial charge >= 0.3 is 0 Å². The van der Waals surface area contributed by atoms with Crippen molar-refractivity contribution in [2.45, 2.75) is 37.8 Å². The van der Waals surface area contributed by atoms with Crippen LogP contribution in [0.2, 0.25) is 0 Å². The first-order valence-corrected chi connectivity index (χ1v) is 15.2. The molecule has 0 radical (unpaired) electrons. The summed E-state index contributed by atoms with van der Waals surface area (Å²) >= 11 is 5.31. The van der Waals surface area contributed by atoms with Crippen LogP contribution in [0.5, 0.6) is 5.75 Å². The maximum absolute atomic E-state index is 14.7. The van der Waals surface area contributed by atoms with Gasteiger partial charge in [0.25, 0.3) is 5.91 Å². The molecule has 0 heterocycles. The van der Waals surface area contributed by atoms with Gasteiger partial charge in [0, 0.05) is 12.1 Å². The number of nitrogens with two attached hydrogens (primary N) is 1. The van der Waals surface area contributed by atoms with E-state index in [-0.39, 0.29) is 23.3 Å². The number of methoxy groups -OCH3 is 1. The Bertz CT molecular complexity index is 1530. The van der Waals surface area contributed by atoms with E-state index < -0.39 is 23.9 Å². The number of primary amides is 1. The average Bonchev–Trinajstić information content (AvgIpc) is 3.07. The second-order valence-corrected chi connectivity index (χ2v) is 11.0. The van der Waals surface area contributed by atoms with Gasteiger partial charge in [-0.15, -0.1) is 0 Å². The summed E-state index contributed by atoms with van der Waals surface area (Å²) in [5, 5.41) is 5.86. The van der Waals surface area contributed by atoms with Crippen LogP contribution in [-0.4, -0.2) is 47.4 Å². The zero-order valence-corrected chi connectivity index (χ0v) is 26.2. The standard InChI is InChI=1S/C36H38N4O4S/c1-25(26-20-22-30(44-2)23-21-26)40(35(43)32(27-13-6-3-7-14-27)28-15-8-4-9-16-28)31(33(37)41)19-12-24-38-36(45)39-34(42)29-17-10-5-11-18-29/h3-11,13-18,20-23,25,31-32H,12,19,24H2,1-2H3,(H2,37,41)(H2,38,39,42,45)/t25-,31-/m1/s1. The highest BCUT2D eigenvalue weighted by atomic mass is 32.1. The van der Waals surface area contributed by atoms with E-state index in [1.54, 1.807) is 36.3 Å². The van der Waals surface area contributed by atoms with E-state index in [9.17, 15) is 14.4 Å². The molecule has 45 heavy (non-hydrogen) atoms. The van der Waals surface area contributed by atoms with E-state index in [1.165, 1.54) is 0 Å². The van der Waals surface area contributed by atoms with Crippen LogP contribution in [0.15, 0.2) is 115 Å². The lowest BCUT2D eigenvalue weighted by molar-refractivity contribution is -0.142. The maximum Gasteiger partial charge on any atom is 0.257 e.